The molecule has 0 bridgehead atoms. The van der Waals surface area contributed by atoms with Crippen LogP contribution in [0.2, 0.25) is 0 Å². The van der Waals surface area contributed by atoms with E-state index in [1.54, 1.807) is 0 Å². The van der Waals surface area contributed by atoms with Crippen LogP contribution in [-0.4, -0.2) is 23.6 Å². The van der Waals surface area contributed by atoms with Gasteiger partial charge >= 0.3 is 11.9 Å². The standard InChI is InChI=1S/C24H44O6/c1-8-12-14-16-18-23(10-3,22(5,6)7)20(25)28-29-21(26)24(11-4)19(27-30-24)17-15-13-9-2/h19H,8-18H2,1-7H3. The summed E-state index contributed by atoms with van der Waals surface area (Å²) in [6.07, 6.45) is 9.46. The van der Waals surface area contributed by atoms with E-state index in [4.69, 9.17) is 19.6 Å². The summed E-state index contributed by atoms with van der Waals surface area (Å²) in [5.74, 6) is -1.16. The van der Waals surface area contributed by atoms with Gasteiger partial charge in [-0.2, -0.15) is 0 Å². The molecule has 6 nitrogen and oxygen atoms in total. The molecule has 3 unspecified atom stereocenters. The molecule has 0 aromatic heterocycles. The number of carbonyl (C=O) groups excluding carboxylic acids is 2. The lowest BCUT2D eigenvalue weighted by Crippen LogP contribution is -2.62. The van der Waals surface area contributed by atoms with Crippen molar-refractivity contribution in [2.75, 3.05) is 0 Å². The molecule has 1 saturated heterocycles. The Morgan fingerprint density at radius 2 is 1.53 bits per heavy atom. The van der Waals surface area contributed by atoms with Gasteiger partial charge in [0.05, 0.1) is 5.41 Å². The van der Waals surface area contributed by atoms with Crippen molar-refractivity contribution in [3.05, 3.63) is 0 Å². The van der Waals surface area contributed by atoms with Crippen molar-refractivity contribution in [1.82, 2.24) is 0 Å². The van der Waals surface area contributed by atoms with Gasteiger partial charge in [0.15, 0.2) is 0 Å². The van der Waals surface area contributed by atoms with Crippen molar-refractivity contribution in [3.63, 3.8) is 0 Å². The van der Waals surface area contributed by atoms with Gasteiger partial charge in [0.25, 0.3) is 0 Å². The summed E-state index contributed by atoms with van der Waals surface area (Å²) in [6.45, 7) is 14.2. The predicted molar refractivity (Wildman–Crippen MR) is 116 cm³/mol. The number of hydrogen-bond donors (Lipinski definition) is 0. The third kappa shape index (κ3) is 5.97. The summed E-state index contributed by atoms with van der Waals surface area (Å²) in [7, 11) is 0. The molecule has 0 aromatic carbocycles. The molecule has 0 amide bonds. The maximum atomic E-state index is 13.2. The Morgan fingerprint density at radius 3 is 2.00 bits per heavy atom. The molecule has 0 spiro atoms. The Kier molecular flexibility index (Phi) is 10.8. The largest absolute Gasteiger partial charge is 0.393 e. The molecule has 0 aliphatic carbocycles. The second kappa shape index (κ2) is 12.0. The first-order valence-corrected chi connectivity index (χ1v) is 11.9. The van der Waals surface area contributed by atoms with Gasteiger partial charge in [-0.3, -0.25) is 0 Å². The monoisotopic (exact) mass is 428 g/mol. The van der Waals surface area contributed by atoms with Crippen LogP contribution in [0.3, 0.4) is 0 Å². The van der Waals surface area contributed by atoms with Gasteiger partial charge in [0.2, 0.25) is 5.60 Å². The van der Waals surface area contributed by atoms with E-state index >= 15 is 0 Å². The molecule has 6 heteroatoms. The topological polar surface area (TPSA) is 71.1 Å². The van der Waals surface area contributed by atoms with Crippen LogP contribution in [0.4, 0.5) is 0 Å². The van der Waals surface area contributed by atoms with E-state index in [9.17, 15) is 9.59 Å². The summed E-state index contributed by atoms with van der Waals surface area (Å²) in [6, 6.07) is 0. The lowest BCUT2D eigenvalue weighted by atomic mass is 9.62. The van der Waals surface area contributed by atoms with Gasteiger partial charge in [-0.15, -0.1) is 0 Å². The second-order valence-electron chi connectivity index (χ2n) is 9.64. The van der Waals surface area contributed by atoms with E-state index in [1.807, 2.05) is 34.6 Å². The average Bonchev–Trinajstić information content (AvgIpc) is 2.68. The summed E-state index contributed by atoms with van der Waals surface area (Å²) in [5, 5.41) is 0. The zero-order chi connectivity index (χ0) is 22.8. The van der Waals surface area contributed by atoms with Gasteiger partial charge in [-0.1, -0.05) is 93.4 Å². The Labute approximate surface area is 183 Å². The summed E-state index contributed by atoms with van der Waals surface area (Å²) >= 11 is 0. The fourth-order valence-electron chi connectivity index (χ4n) is 4.40. The zero-order valence-electron chi connectivity index (χ0n) is 20.3. The maximum Gasteiger partial charge on any atom is 0.393 e. The average molecular weight is 429 g/mol. The minimum absolute atomic E-state index is 0.321. The van der Waals surface area contributed by atoms with Crippen LogP contribution in [-0.2, 0) is 29.1 Å². The van der Waals surface area contributed by atoms with Crippen molar-refractivity contribution in [1.29, 1.82) is 0 Å². The number of hydrogen-bond acceptors (Lipinski definition) is 6. The van der Waals surface area contributed by atoms with E-state index in [0.717, 1.165) is 44.9 Å². The van der Waals surface area contributed by atoms with Crippen LogP contribution in [0, 0.1) is 10.8 Å². The summed E-state index contributed by atoms with van der Waals surface area (Å²) < 4.78 is 0. The summed E-state index contributed by atoms with van der Waals surface area (Å²) in [4.78, 5) is 46.6. The van der Waals surface area contributed by atoms with E-state index in [2.05, 4.69) is 13.8 Å². The van der Waals surface area contributed by atoms with Gasteiger partial charge in [-0.05, 0) is 31.1 Å². The SMILES string of the molecule is CCCCCCC(CC)(C(=O)OOC(=O)C1(CC)OOC1CCCCC)C(C)(C)C. The van der Waals surface area contributed by atoms with Crippen LogP contribution in [0.5, 0.6) is 0 Å². The highest BCUT2D eigenvalue weighted by Crippen LogP contribution is 2.47. The normalized spacial score (nSPS) is 23.4. The van der Waals surface area contributed by atoms with Gasteiger partial charge in [0, 0.05) is 0 Å². The zero-order valence-corrected chi connectivity index (χ0v) is 20.3. The highest BCUT2D eigenvalue weighted by atomic mass is 17.3. The molecular weight excluding hydrogens is 384 g/mol. The Hall–Kier alpha value is -1.14. The lowest BCUT2D eigenvalue weighted by molar-refractivity contribution is -0.502. The molecule has 0 aromatic rings. The number of rotatable bonds is 13. The fourth-order valence-corrected chi connectivity index (χ4v) is 4.40. The predicted octanol–water partition coefficient (Wildman–Crippen LogP) is 6.46. The van der Waals surface area contributed by atoms with Crippen molar-refractivity contribution in [2.24, 2.45) is 10.8 Å². The Morgan fingerprint density at radius 1 is 0.900 bits per heavy atom. The van der Waals surface area contributed by atoms with Gasteiger partial charge < -0.3 is 0 Å². The van der Waals surface area contributed by atoms with Gasteiger partial charge in [-0.25, -0.2) is 29.1 Å². The molecule has 0 radical (unpaired) electrons. The minimum atomic E-state index is -1.19. The molecule has 1 heterocycles. The number of unbranched alkanes of at least 4 members (excludes halogenated alkanes) is 5. The molecule has 3 atom stereocenters. The van der Waals surface area contributed by atoms with Crippen molar-refractivity contribution < 1.29 is 29.1 Å². The first kappa shape index (κ1) is 26.9. The van der Waals surface area contributed by atoms with Crippen molar-refractivity contribution in [3.8, 4) is 0 Å². The summed E-state index contributed by atoms with van der Waals surface area (Å²) in [5.41, 5.74) is -2.22. The van der Waals surface area contributed by atoms with Crippen LogP contribution in [0.15, 0.2) is 0 Å². The smallest absolute Gasteiger partial charge is 0.247 e. The first-order valence-electron chi connectivity index (χ1n) is 11.9. The fraction of sp³-hybridized carbons (Fsp3) is 0.917. The Balaban J connectivity index is 2.80. The number of carbonyl (C=O) groups is 2. The minimum Gasteiger partial charge on any atom is -0.247 e. The third-order valence-electron chi connectivity index (χ3n) is 6.85. The van der Waals surface area contributed by atoms with Crippen LogP contribution < -0.4 is 0 Å². The van der Waals surface area contributed by atoms with E-state index < -0.39 is 23.0 Å². The molecule has 0 N–H and O–H groups in total. The Bertz CT molecular complexity index is 536. The van der Waals surface area contributed by atoms with Gasteiger partial charge in [0.1, 0.15) is 6.10 Å². The van der Waals surface area contributed by atoms with Crippen LogP contribution >= 0.6 is 0 Å². The molecular formula is C24H44O6. The van der Waals surface area contributed by atoms with Crippen molar-refractivity contribution in [2.45, 2.75) is 131 Å². The lowest BCUT2D eigenvalue weighted by Gasteiger charge is -2.44. The molecule has 176 valence electrons. The first-order chi connectivity index (χ1) is 14.1. The molecule has 1 aliphatic rings. The highest BCUT2D eigenvalue weighted by Gasteiger charge is 2.59. The second-order valence-corrected chi connectivity index (χ2v) is 9.64. The quantitative estimate of drug-likeness (QED) is 0.190. The van der Waals surface area contributed by atoms with Crippen LogP contribution in [0.25, 0.3) is 0 Å². The third-order valence-corrected chi connectivity index (χ3v) is 6.85. The van der Waals surface area contributed by atoms with E-state index in [-0.39, 0.29) is 11.5 Å². The molecule has 1 fully saturated rings. The van der Waals surface area contributed by atoms with Crippen molar-refractivity contribution >= 4 is 11.9 Å². The maximum absolute atomic E-state index is 13.2. The highest BCUT2D eigenvalue weighted by molar-refractivity contribution is 5.83. The van der Waals surface area contributed by atoms with Crippen LogP contribution in [0.1, 0.15) is 119 Å². The van der Waals surface area contributed by atoms with E-state index in [1.165, 1.54) is 0 Å². The van der Waals surface area contributed by atoms with E-state index in [0.29, 0.717) is 25.7 Å². The molecule has 1 rings (SSSR count). The molecule has 0 saturated carbocycles. The molecule has 30 heavy (non-hydrogen) atoms. The molecule has 1 aliphatic heterocycles.